The second-order valence-electron chi connectivity index (χ2n) is 5.31. The molecule has 22 heavy (non-hydrogen) atoms. The maximum atomic E-state index is 13.1. The number of nitrogens with zero attached hydrogens (tertiary/aromatic N) is 1. The predicted molar refractivity (Wildman–Crippen MR) is 85.4 cm³/mol. The van der Waals surface area contributed by atoms with Gasteiger partial charge in [0.1, 0.15) is 5.82 Å². The standard InChI is InChI=1S/C18H17FN2O/c1-21-12-16(15-7-2-3-8-17(15)21)18(22)20-10-9-13-5-4-6-14(19)11-13/h2-8,11-12H,9-10H2,1H3,(H,20,22). The highest BCUT2D eigenvalue weighted by molar-refractivity contribution is 6.06. The van der Waals surface area contributed by atoms with Gasteiger partial charge in [-0.15, -0.1) is 0 Å². The van der Waals surface area contributed by atoms with Crippen molar-refractivity contribution in [2.24, 2.45) is 7.05 Å². The van der Waals surface area contributed by atoms with E-state index < -0.39 is 0 Å². The SMILES string of the molecule is Cn1cc(C(=O)NCCc2cccc(F)c2)c2ccccc21. The summed E-state index contributed by atoms with van der Waals surface area (Å²) in [7, 11) is 1.92. The summed E-state index contributed by atoms with van der Waals surface area (Å²) in [6.45, 7) is 0.478. The fraction of sp³-hybridized carbons (Fsp3) is 0.167. The summed E-state index contributed by atoms with van der Waals surface area (Å²) >= 11 is 0. The van der Waals surface area contributed by atoms with Gasteiger partial charge in [0.15, 0.2) is 0 Å². The number of para-hydroxylation sites is 1. The Bertz CT molecular complexity index is 823. The van der Waals surface area contributed by atoms with Crippen molar-refractivity contribution in [2.75, 3.05) is 6.54 Å². The summed E-state index contributed by atoms with van der Waals surface area (Å²) in [5.41, 5.74) is 2.56. The molecule has 2 aromatic carbocycles. The fourth-order valence-corrected chi connectivity index (χ4v) is 2.63. The quantitative estimate of drug-likeness (QED) is 0.787. The van der Waals surface area contributed by atoms with E-state index in [-0.39, 0.29) is 11.7 Å². The van der Waals surface area contributed by atoms with Crippen LogP contribution in [0, 0.1) is 5.82 Å². The third kappa shape index (κ3) is 2.86. The summed E-state index contributed by atoms with van der Waals surface area (Å²) < 4.78 is 15.0. The van der Waals surface area contributed by atoms with Crippen LogP contribution < -0.4 is 5.32 Å². The van der Waals surface area contributed by atoms with E-state index >= 15 is 0 Å². The number of aromatic nitrogens is 1. The van der Waals surface area contributed by atoms with Crippen molar-refractivity contribution in [3.05, 3.63) is 71.7 Å². The van der Waals surface area contributed by atoms with Gasteiger partial charge in [-0.25, -0.2) is 4.39 Å². The average molecular weight is 296 g/mol. The van der Waals surface area contributed by atoms with Gasteiger partial charge in [0.25, 0.3) is 5.91 Å². The Kier molecular flexibility index (Phi) is 3.92. The van der Waals surface area contributed by atoms with Gasteiger partial charge >= 0.3 is 0 Å². The monoisotopic (exact) mass is 296 g/mol. The van der Waals surface area contributed by atoms with Crippen LogP contribution in [0.2, 0.25) is 0 Å². The topological polar surface area (TPSA) is 34.0 Å². The van der Waals surface area contributed by atoms with Crippen LogP contribution in [0.1, 0.15) is 15.9 Å². The lowest BCUT2D eigenvalue weighted by Crippen LogP contribution is -2.25. The molecular formula is C18H17FN2O. The van der Waals surface area contributed by atoms with E-state index in [0.29, 0.717) is 18.5 Å². The zero-order chi connectivity index (χ0) is 15.5. The number of carbonyl (C=O) groups is 1. The first-order valence-electron chi connectivity index (χ1n) is 7.22. The molecule has 0 saturated carbocycles. The lowest BCUT2D eigenvalue weighted by Gasteiger charge is -2.05. The average Bonchev–Trinajstić information content (AvgIpc) is 2.85. The van der Waals surface area contributed by atoms with Crippen LogP contribution in [0.4, 0.5) is 4.39 Å². The van der Waals surface area contributed by atoms with Crippen molar-refractivity contribution in [1.29, 1.82) is 0 Å². The first-order valence-corrected chi connectivity index (χ1v) is 7.22. The molecule has 1 N–H and O–H groups in total. The highest BCUT2D eigenvalue weighted by Gasteiger charge is 2.12. The van der Waals surface area contributed by atoms with Crippen molar-refractivity contribution >= 4 is 16.8 Å². The summed E-state index contributed by atoms with van der Waals surface area (Å²) in [6, 6.07) is 14.2. The molecule has 3 rings (SSSR count). The third-order valence-electron chi connectivity index (χ3n) is 3.73. The Morgan fingerprint density at radius 3 is 2.82 bits per heavy atom. The zero-order valence-electron chi connectivity index (χ0n) is 12.3. The number of hydrogen-bond donors (Lipinski definition) is 1. The first kappa shape index (κ1) is 14.3. The van der Waals surface area contributed by atoms with Gasteiger partial charge in [-0.2, -0.15) is 0 Å². The molecule has 1 aromatic heterocycles. The predicted octanol–water partition coefficient (Wildman–Crippen LogP) is 3.29. The minimum Gasteiger partial charge on any atom is -0.352 e. The molecule has 0 saturated heterocycles. The number of halogens is 1. The summed E-state index contributed by atoms with van der Waals surface area (Å²) in [4.78, 5) is 12.3. The van der Waals surface area contributed by atoms with E-state index in [9.17, 15) is 9.18 Å². The molecule has 112 valence electrons. The van der Waals surface area contributed by atoms with E-state index in [1.165, 1.54) is 12.1 Å². The highest BCUT2D eigenvalue weighted by atomic mass is 19.1. The molecule has 0 fully saturated rings. The molecule has 0 atom stereocenters. The van der Waals surface area contributed by atoms with Crippen LogP contribution in [0.15, 0.2) is 54.7 Å². The van der Waals surface area contributed by atoms with Crippen LogP contribution in [-0.2, 0) is 13.5 Å². The van der Waals surface area contributed by atoms with E-state index in [1.54, 1.807) is 6.07 Å². The van der Waals surface area contributed by atoms with Gasteiger partial charge in [0.2, 0.25) is 0 Å². The van der Waals surface area contributed by atoms with E-state index in [4.69, 9.17) is 0 Å². The molecule has 3 aromatic rings. The number of fused-ring (bicyclic) bond motifs is 1. The number of amides is 1. The van der Waals surface area contributed by atoms with Gasteiger partial charge in [0, 0.05) is 30.7 Å². The summed E-state index contributed by atoms with van der Waals surface area (Å²) in [5, 5.41) is 3.84. The second kappa shape index (κ2) is 6.02. The van der Waals surface area contributed by atoms with Gasteiger partial charge < -0.3 is 9.88 Å². The van der Waals surface area contributed by atoms with Gasteiger partial charge in [-0.3, -0.25) is 4.79 Å². The number of aryl methyl sites for hydroxylation is 1. The molecule has 3 nitrogen and oxygen atoms in total. The number of nitrogens with one attached hydrogen (secondary N) is 1. The van der Waals surface area contributed by atoms with Gasteiger partial charge in [0.05, 0.1) is 5.56 Å². The fourth-order valence-electron chi connectivity index (χ4n) is 2.63. The van der Waals surface area contributed by atoms with Crippen molar-refractivity contribution < 1.29 is 9.18 Å². The molecule has 1 heterocycles. The molecule has 0 aliphatic heterocycles. The second-order valence-corrected chi connectivity index (χ2v) is 5.31. The van der Waals surface area contributed by atoms with E-state index in [0.717, 1.165) is 16.5 Å². The first-order chi connectivity index (χ1) is 10.6. The number of carbonyl (C=O) groups excluding carboxylic acids is 1. The molecule has 0 spiro atoms. The normalized spacial score (nSPS) is 10.8. The molecule has 4 heteroatoms. The lowest BCUT2D eigenvalue weighted by atomic mass is 10.1. The van der Waals surface area contributed by atoms with Crippen molar-refractivity contribution in [2.45, 2.75) is 6.42 Å². The van der Waals surface area contributed by atoms with Crippen molar-refractivity contribution in [3.8, 4) is 0 Å². The third-order valence-corrected chi connectivity index (χ3v) is 3.73. The number of benzene rings is 2. The molecule has 0 bridgehead atoms. The highest BCUT2D eigenvalue weighted by Crippen LogP contribution is 2.20. The molecule has 0 aliphatic rings. The molecule has 1 amide bonds. The molecular weight excluding hydrogens is 279 g/mol. The summed E-state index contributed by atoms with van der Waals surface area (Å²) in [6.07, 6.45) is 2.44. The Morgan fingerprint density at radius 1 is 1.18 bits per heavy atom. The minimum absolute atomic E-state index is 0.104. The Hall–Kier alpha value is -2.62. The Morgan fingerprint density at radius 2 is 2.00 bits per heavy atom. The molecule has 0 unspecified atom stereocenters. The Balaban J connectivity index is 1.69. The minimum atomic E-state index is -0.252. The van der Waals surface area contributed by atoms with Crippen LogP contribution in [0.5, 0.6) is 0 Å². The number of hydrogen-bond acceptors (Lipinski definition) is 1. The Labute approximate surface area is 128 Å². The van der Waals surface area contributed by atoms with Crippen LogP contribution in [-0.4, -0.2) is 17.0 Å². The molecule has 0 radical (unpaired) electrons. The van der Waals surface area contributed by atoms with Crippen molar-refractivity contribution in [1.82, 2.24) is 9.88 Å². The summed E-state index contributed by atoms with van der Waals surface area (Å²) in [5.74, 6) is -0.355. The largest absolute Gasteiger partial charge is 0.352 e. The van der Waals surface area contributed by atoms with E-state index in [2.05, 4.69) is 5.32 Å². The van der Waals surface area contributed by atoms with Gasteiger partial charge in [-0.1, -0.05) is 30.3 Å². The lowest BCUT2D eigenvalue weighted by molar-refractivity contribution is 0.0955. The zero-order valence-corrected chi connectivity index (χ0v) is 12.3. The molecule has 0 aliphatic carbocycles. The van der Waals surface area contributed by atoms with Gasteiger partial charge in [-0.05, 0) is 30.2 Å². The van der Waals surface area contributed by atoms with Crippen LogP contribution >= 0.6 is 0 Å². The maximum Gasteiger partial charge on any atom is 0.253 e. The smallest absolute Gasteiger partial charge is 0.253 e. The van der Waals surface area contributed by atoms with Crippen LogP contribution in [0.25, 0.3) is 10.9 Å². The van der Waals surface area contributed by atoms with Crippen LogP contribution in [0.3, 0.4) is 0 Å². The van der Waals surface area contributed by atoms with Crippen molar-refractivity contribution in [3.63, 3.8) is 0 Å². The number of rotatable bonds is 4. The van der Waals surface area contributed by atoms with E-state index in [1.807, 2.05) is 48.1 Å². The maximum absolute atomic E-state index is 13.1.